The maximum atomic E-state index is 13.5. The number of nitrogens with one attached hydrogen (secondary N) is 2. The normalized spacial score (nSPS) is 25.2. The number of amides is 4. The topological polar surface area (TPSA) is 219 Å². The first kappa shape index (κ1) is 48.6. The number of rotatable bonds is 16. The number of aliphatic hydroxyl groups is 2. The van der Waals surface area contributed by atoms with Crippen LogP contribution in [0, 0.1) is 35.5 Å². The van der Waals surface area contributed by atoms with Crippen molar-refractivity contribution in [3.8, 4) is 0 Å². The van der Waals surface area contributed by atoms with Gasteiger partial charge in [0.25, 0.3) is 11.1 Å². The highest BCUT2D eigenvalue weighted by Crippen LogP contribution is 2.51. The summed E-state index contributed by atoms with van der Waals surface area (Å²) in [4.78, 5) is 92.6. The molecule has 10 rings (SSSR count). The lowest BCUT2D eigenvalue weighted by atomic mass is 9.86. The molecule has 0 spiro atoms. The average molecular weight is 959 g/mol. The van der Waals surface area contributed by atoms with Crippen molar-refractivity contribution < 1.29 is 29.4 Å². The molecular weight excluding hydrogens is 893 g/mol. The lowest BCUT2D eigenvalue weighted by molar-refractivity contribution is -0.138. The zero-order chi connectivity index (χ0) is 49.4. The molecule has 4 fully saturated rings. The molecule has 70 heavy (non-hydrogen) atoms. The minimum Gasteiger partial charge on any atom is -0.396 e. The average Bonchev–Trinajstić information content (AvgIpc) is 4.22. The van der Waals surface area contributed by atoms with Gasteiger partial charge in [-0.2, -0.15) is 0 Å². The number of allylic oxidation sites excluding steroid dienone is 2. The molecule has 2 saturated heterocycles. The SMILES string of the molecule is C/C=C/c1ccc2n(c1=O)C[C@H]1[C@H](CO)[C@@H](C(=O)NCCc3cn(C)cn3)[C@@H]2N1C(=O)CC1CC1.C/C=C\c1ccc2n(c1=O)C[C@H]1[C@H](CO)[C@@H](C(=O)NCCc3cn(C)cn3)[C@@H]2N1C(=O)CC1CC1. The Balaban J connectivity index is 0.000000174. The first-order chi connectivity index (χ1) is 33.8. The second-order valence-corrected chi connectivity index (χ2v) is 20.1. The van der Waals surface area contributed by atoms with Crippen LogP contribution in [-0.4, -0.2) is 110 Å². The largest absolute Gasteiger partial charge is 0.396 e. The lowest BCUT2D eigenvalue weighted by Gasteiger charge is -2.38. The Bertz CT molecular complexity index is 2610. The Morgan fingerprint density at radius 2 is 1.04 bits per heavy atom. The molecule has 372 valence electrons. The van der Waals surface area contributed by atoms with E-state index in [1.807, 2.05) is 83.6 Å². The number of fused-ring (bicyclic) bond motifs is 8. The number of carbonyl (C=O) groups is 4. The second kappa shape index (κ2) is 20.5. The number of aryl methyl sites for hydroxylation is 2. The Kier molecular flexibility index (Phi) is 14.2. The van der Waals surface area contributed by atoms with Crippen LogP contribution in [0.5, 0.6) is 0 Å². The molecular formula is C52H66N10O8. The van der Waals surface area contributed by atoms with Crippen molar-refractivity contribution in [2.75, 3.05) is 26.3 Å². The number of nitrogens with zero attached hydrogens (tertiary/aromatic N) is 8. The Labute approximate surface area is 407 Å². The number of hydrogen-bond acceptors (Lipinski definition) is 10. The van der Waals surface area contributed by atoms with Gasteiger partial charge in [-0.05, 0) is 75.6 Å². The van der Waals surface area contributed by atoms with Crippen LogP contribution >= 0.6 is 0 Å². The van der Waals surface area contributed by atoms with Crippen molar-refractivity contribution in [3.05, 3.63) is 116 Å². The highest BCUT2D eigenvalue weighted by Gasteiger charge is 2.59. The summed E-state index contributed by atoms with van der Waals surface area (Å²) in [6.45, 7) is 4.66. The Morgan fingerprint density at radius 3 is 1.37 bits per heavy atom. The van der Waals surface area contributed by atoms with Crippen LogP contribution in [0.25, 0.3) is 12.2 Å². The van der Waals surface area contributed by atoms with E-state index in [4.69, 9.17) is 0 Å². The molecule has 4 N–H and O–H groups in total. The highest BCUT2D eigenvalue weighted by molar-refractivity contribution is 5.85. The van der Waals surface area contributed by atoms with E-state index in [0.29, 0.717) is 73.1 Å². The van der Waals surface area contributed by atoms with Crippen molar-refractivity contribution in [3.63, 3.8) is 0 Å². The maximum Gasteiger partial charge on any atom is 0.258 e. The summed E-state index contributed by atoms with van der Waals surface area (Å²) < 4.78 is 7.13. The van der Waals surface area contributed by atoms with Crippen molar-refractivity contribution in [2.45, 2.75) is 102 Å². The van der Waals surface area contributed by atoms with Gasteiger partial charge in [-0.25, -0.2) is 9.97 Å². The number of pyridine rings is 2. The lowest BCUT2D eigenvalue weighted by Crippen LogP contribution is -2.49. The molecule has 2 saturated carbocycles. The van der Waals surface area contributed by atoms with E-state index in [2.05, 4.69) is 20.6 Å². The molecule has 4 aromatic rings. The zero-order valence-electron chi connectivity index (χ0n) is 40.5. The van der Waals surface area contributed by atoms with Crippen LogP contribution in [-0.2, 0) is 59.2 Å². The summed E-state index contributed by atoms with van der Waals surface area (Å²) in [5, 5.41) is 26.8. The van der Waals surface area contributed by atoms with Gasteiger partial charge in [0, 0.05) is 126 Å². The third kappa shape index (κ3) is 9.59. The van der Waals surface area contributed by atoms with Gasteiger partial charge in [-0.15, -0.1) is 0 Å². The molecule has 0 unspecified atom stereocenters. The van der Waals surface area contributed by atoms with E-state index in [-0.39, 0.29) is 61.1 Å². The number of aromatic nitrogens is 6. The Hall–Kier alpha value is -6.40. The fourth-order valence-corrected chi connectivity index (χ4v) is 11.5. The molecule has 8 heterocycles. The molecule has 4 amide bonds. The van der Waals surface area contributed by atoms with Crippen molar-refractivity contribution >= 4 is 35.8 Å². The fraction of sp³-hybridized carbons (Fsp3) is 0.538. The van der Waals surface area contributed by atoms with Crippen LogP contribution < -0.4 is 21.8 Å². The zero-order valence-corrected chi connectivity index (χ0v) is 40.5. The van der Waals surface area contributed by atoms with Gasteiger partial charge in [0.2, 0.25) is 23.6 Å². The molecule has 8 atom stereocenters. The van der Waals surface area contributed by atoms with E-state index in [0.717, 1.165) is 37.1 Å². The monoisotopic (exact) mass is 959 g/mol. The molecule has 4 bridgehead atoms. The minimum atomic E-state index is -0.627. The van der Waals surface area contributed by atoms with Crippen molar-refractivity contribution in [2.24, 2.45) is 49.6 Å². The van der Waals surface area contributed by atoms with Gasteiger partial charge in [0.15, 0.2) is 0 Å². The summed E-state index contributed by atoms with van der Waals surface area (Å²) in [5.74, 6) is -1.70. The molecule has 0 aromatic carbocycles. The number of aliphatic hydroxyl groups excluding tert-OH is 2. The van der Waals surface area contributed by atoms with Gasteiger partial charge in [0.1, 0.15) is 0 Å². The minimum absolute atomic E-state index is 0.0148. The van der Waals surface area contributed by atoms with Crippen LogP contribution in [0.1, 0.15) is 98.4 Å². The first-order valence-electron chi connectivity index (χ1n) is 24.9. The fourth-order valence-electron chi connectivity index (χ4n) is 11.5. The van der Waals surface area contributed by atoms with Crippen molar-refractivity contribution in [1.82, 2.24) is 48.7 Å². The third-order valence-corrected chi connectivity index (χ3v) is 15.2. The van der Waals surface area contributed by atoms with E-state index < -0.39 is 47.8 Å². The summed E-state index contributed by atoms with van der Waals surface area (Å²) in [6, 6.07) is 5.33. The summed E-state index contributed by atoms with van der Waals surface area (Å²) in [6.07, 6.45) is 20.8. The van der Waals surface area contributed by atoms with Crippen LogP contribution in [0.3, 0.4) is 0 Å². The summed E-state index contributed by atoms with van der Waals surface area (Å²) >= 11 is 0. The van der Waals surface area contributed by atoms with Crippen molar-refractivity contribution in [1.29, 1.82) is 0 Å². The third-order valence-electron chi connectivity index (χ3n) is 15.2. The number of imidazole rings is 2. The van der Waals surface area contributed by atoms with Gasteiger partial charge >= 0.3 is 0 Å². The van der Waals surface area contributed by atoms with Crippen LogP contribution in [0.2, 0.25) is 0 Å². The molecule has 4 aliphatic heterocycles. The molecule has 18 nitrogen and oxygen atoms in total. The highest BCUT2D eigenvalue weighted by atomic mass is 16.3. The molecule has 18 heteroatoms. The van der Waals surface area contributed by atoms with E-state index in [1.165, 1.54) is 0 Å². The van der Waals surface area contributed by atoms with Gasteiger partial charge in [-0.3, -0.25) is 28.8 Å². The maximum absolute atomic E-state index is 13.5. The number of hydrogen-bond donors (Lipinski definition) is 4. The van der Waals surface area contributed by atoms with E-state index in [1.54, 1.807) is 46.1 Å². The smallest absolute Gasteiger partial charge is 0.258 e. The number of carbonyl (C=O) groups excluding carboxylic acids is 4. The van der Waals surface area contributed by atoms with Crippen LogP contribution in [0.4, 0.5) is 0 Å². The predicted octanol–water partition coefficient (Wildman–Crippen LogP) is 2.53. The van der Waals surface area contributed by atoms with Gasteiger partial charge in [-0.1, -0.05) is 24.3 Å². The quantitative estimate of drug-likeness (QED) is 0.129. The standard InChI is InChI=1S/2C26H33N5O4/c2*1-3-4-17-7-8-20-24-23(25(34)27-10-9-18-12-29(2)15-28-18)19(14-32)21(13-30(20)26(17)35)31(24)22(33)11-16-5-6-16/h2*3-4,7-8,12,15-16,19,21,23-24,32H,5-6,9-11,13-14H2,1-2H3,(H,27,34)/b4-3+;4-3-/t2*19-,21-,23+,24+/m00/s1. The molecule has 6 aliphatic rings. The van der Waals surface area contributed by atoms with Gasteiger partial charge < -0.3 is 48.9 Å². The van der Waals surface area contributed by atoms with Gasteiger partial charge in [0.05, 0.1) is 60.0 Å². The van der Waals surface area contributed by atoms with E-state index in [9.17, 15) is 39.0 Å². The summed E-state index contributed by atoms with van der Waals surface area (Å²) in [5.41, 5.74) is 4.00. The molecule has 2 aliphatic carbocycles. The Morgan fingerprint density at radius 1 is 0.643 bits per heavy atom. The van der Waals surface area contributed by atoms with E-state index >= 15 is 0 Å². The predicted molar refractivity (Wildman–Crippen MR) is 260 cm³/mol. The molecule has 0 radical (unpaired) electrons. The van der Waals surface area contributed by atoms with Crippen LogP contribution in [0.15, 0.2) is 71.1 Å². The second-order valence-electron chi connectivity index (χ2n) is 20.1. The summed E-state index contributed by atoms with van der Waals surface area (Å²) in [7, 11) is 3.79. The first-order valence-corrected chi connectivity index (χ1v) is 24.9. The molecule has 4 aromatic heterocycles.